The number of hydrogen-bond acceptors (Lipinski definition) is 5. The zero-order chi connectivity index (χ0) is 26.3. The molecule has 1 heterocycles. The minimum atomic E-state index is -3.51. The minimum absolute atomic E-state index is 0.0223. The molecule has 0 spiro atoms. The highest BCUT2D eigenvalue weighted by atomic mass is 32.2. The van der Waals surface area contributed by atoms with Crippen LogP contribution in [0.25, 0.3) is 10.9 Å². The molecule has 0 saturated carbocycles. The maximum Gasteiger partial charge on any atom is 0.252 e. The van der Waals surface area contributed by atoms with Crippen molar-refractivity contribution in [3.8, 4) is 0 Å². The number of nitrogens with zero attached hydrogens (tertiary/aromatic N) is 1. The number of carbonyl (C=O) groups is 1. The molecule has 0 radical (unpaired) electrons. The van der Waals surface area contributed by atoms with Gasteiger partial charge < -0.3 is 15.7 Å². The Morgan fingerprint density at radius 1 is 0.919 bits per heavy atom. The van der Waals surface area contributed by atoms with Crippen LogP contribution >= 0.6 is 0 Å². The van der Waals surface area contributed by atoms with E-state index in [1.165, 1.54) is 10.2 Å². The molecule has 1 amide bonds. The van der Waals surface area contributed by atoms with Gasteiger partial charge in [0.05, 0.1) is 23.4 Å². The van der Waals surface area contributed by atoms with Crippen LogP contribution in [0.1, 0.15) is 34.8 Å². The van der Waals surface area contributed by atoms with Crippen molar-refractivity contribution >= 4 is 26.8 Å². The molecule has 194 valence electrons. The molecule has 3 N–H and O–H groups in total. The van der Waals surface area contributed by atoms with E-state index in [2.05, 4.69) is 10.6 Å². The van der Waals surface area contributed by atoms with Gasteiger partial charge in [0, 0.05) is 30.2 Å². The first kappa shape index (κ1) is 26.6. The number of amides is 1. The predicted molar refractivity (Wildman–Crippen MR) is 147 cm³/mol. The van der Waals surface area contributed by atoms with Gasteiger partial charge in [-0.1, -0.05) is 73.7 Å². The second-order valence-corrected chi connectivity index (χ2v) is 11.1. The molecule has 37 heavy (non-hydrogen) atoms. The van der Waals surface area contributed by atoms with Crippen molar-refractivity contribution in [2.75, 3.05) is 12.3 Å². The van der Waals surface area contributed by atoms with Crippen molar-refractivity contribution in [1.82, 2.24) is 14.6 Å². The second kappa shape index (κ2) is 12.2. The largest absolute Gasteiger partial charge is 0.390 e. The monoisotopic (exact) mass is 519 g/mol. The van der Waals surface area contributed by atoms with Gasteiger partial charge >= 0.3 is 0 Å². The Hall–Kier alpha value is -3.46. The first-order valence-electron chi connectivity index (χ1n) is 12.5. The van der Waals surface area contributed by atoms with Crippen LogP contribution in [0.5, 0.6) is 0 Å². The summed E-state index contributed by atoms with van der Waals surface area (Å²) in [5, 5.41) is 17.9. The number of aromatic nitrogens is 1. The second-order valence-electron chi connectivity index (χ2n) is 9.12. The topological polar surface area (TPSA) is 100 Å². The molecule has 2 atom stereocenters. The molecule has 0 aliphatic heterocycles. The first-order valence-corrected chi connectivity index (χ1v) is 14.1. The average Bonchev–Trinajstić information content (AvgIpc) is 3.35. The van der Waals surface area contributed by atoms with Gasteiger partial charge in [0.25, 0.3) is 5.91 Å². The molecule has 0 aliphatic carbocycles. The van der Waals surface area contributed by atoms with Crippen molar-refractivity contribution in [3.63, 3.8) is 0 Å². The van der Waals surface area contributed by atoms with Crippen molar-refractivity contribution < 1.29 is 18.3 Å². The number of nitrogens with one attached hydrogen (secondary N) is 2. The van der Waals surface area contributed by atoms with Gasteiger partial charge in [0.1, 0.15) is 0 Å². The van der Waals surface area contributed by atoms with Crippen molar-refractivity contribution in [1.29, 1.82) is 0 Å². The summed E-state index contributed by atoms with van der Waals surface area (Å²) in [6.07, 6.45) is 1.60. The Morgan fingerprint density at radius 3 is 2.27 bits per heavy atom. The number of aliphatic hydroxyl groups is 1. The van der Waals surface area contributed by atoms with E-state index in [9.17, 15) is 18.3 Å². The third-order valence-corrected chi connectivity index (χ3v) is 8.15. The van der Waals surface area contributed by atoms with E-state index in [4.69, 9.17) is 0 Å². The molecule has 3 aromatic carbocycles. The quantitative estimate of drug-likeness (QED) is 0.265. The van der Waals surface area contributed by atoms with Crippen LogP contribution < -0.4 is 10.6 Å². The lowest BCUT2D eigenvalue weighted by Gasteiger charge is -2.25. The first-order chi connectivity index (χ1) is 17.9. The SMILES string of the molecule is CCCS(=O)(=O)n1ccc2c(C(=O)N[C@@H](Cc3ccccc3)[C@H](O)CNCc3ccccc3)cccc21. The number of hydrogen-bond donors (Lipinski definition) is 3. The molecule has 0 aliphatic rings. The van der Waals surface area contributed by atoms with E-state index >= 15 is 0 Å². The molecule has 1 aromatic heterocycles. The Balaban J connectivity index is 1.54. The standard InChI is InChI=1S/C29H33N3O4S/c1-2-18-37(35,36)32-17-16-24-25(14-9-15-27(24)32)29(34)31-26(19-22-10-5-3-6-11-22)28(33)21-30-20-23-12-7-4-8-13-23/h3-17,26,28,30,33H,2,18-21H2,1H3,(H,31,34)/t26-,28+/m0/s1. The molecular weight excluding hydrogens is 486 g/mol. The van der Waals surface area contributed by atoms with Crippen LogP contribution in [0, 0.1) is 0 Å². The number of aliphatic hydroxyl groups excluding tert-OH is 1. The maximum absolute atomic E-state index is 13.4. The Bertz CT molecular complexity index is 1420. The Kier molecular flexibility index (Phi) is 8.76. The van der Waals surface area contributed by atoms with Gasteiger partial charge in [-0.15, -0.1) is 0 Å². The molecule has 0 fully saturated rings. The van der Waals surface area contributed by atoms with Gasteiger partial charge in [-0.3, -0.25) is 4.79 Å². The van der Waals surface area contributed by atoms with Crippen molar-refractivity contribution in [2.24, 2.45) is 0 Å². The van der Waals surface area contributed by atoms with Crippen LogP contribution in [0.2, 0.25) is 0 Å². The van der Waals surface area contributed by atoms with E-state index < -0.39 is 22.2 Å². The van der Waals surface area contributed by atoms with E-state index in [0.717, 1.165) is 11.1 Å². The summed E-state index contributed by atoms with van der Waals surface area (Å²) in [5.41, 5.74) is 2.92. The number of rotatable bonds is 12. The lowest BCUT2D eigenvalue weighted by Crippen LogP contribution is -2.48. The predicted octanol–water partition coefficient (Wildman–Crippen LogP) is 3.72. The van der Waals surface area contributed by atoms with E-state index in [-0.39, 0.29) is 11.7 Å². The zero-order valence-electron chi connectivity index (χ0n) is 20.9. The lowest BCUT2D eigenvalue weighted by atomic mass is 10.00. The molecule has 7 nitrogen and oxygen atoms in total. The van der Waals surface area contributed by atoms with Gasteiger partial charge in [0.15, 0.2) is 0 Å². The van der Waals surface area contributed by atoms with Gasteiger partial charge in [0.2, 0.25) is 10.0 Å². The highest BCUT2D eigenvalue weighted by molar-refractivity contribution is 7.90. The van der Waals surface area contributed by atoms with Gasteiger partial charge in [-0.25, -0.2) is 12.4 Å². The summed E-state index contributed by atoms with van der Waals surface area (Å²) < 4.78 is 26.6. The van der Waals surface area contributed by atoms with Gasteiger partial charge in [-0.05, 0) is 42.2 Å². The molecule has 0 unspecified atom stereocenters. The maximum atomic E-state index is 13.4. The van der Waals surface area contributed by atoms with Crippen LogP contribution in [0.15, 0.2) is 91.1 Å². The smallest absolute Gasteiger partial charge is 0.252 e. The van der Waals surface area contributed by atoms with Crippen LogP contribution in [-0.2, 0) is 23.0 Å². The lowest BCUT2D eigenvalue weighted by molar-refractivity contribution is 0.0831. The fourth-order valence-electron chi connectivity index (χ4n) is 4.44. The summed E-state index contributed by atoms with van der Waals surface area (Å²) in [6, 6.07) is 25.8. The highest BCUT2D eigenvalue weighted by Crippen LogP contribution is 2.23. The summed E-state index contributed by atoms with van der Waals surface area (Å²) in [6.45, 7) is 2.71. The Labute approximate surface area is 218 Å². The van der Waals surface area contributed by atoms with Crippen molar-refractivity contribution in [3.05, 3.63) is 108 Å². The molecule has 4 rings (SSSR count). The average molecular weight is 520 g/mol. The molecule has 0 bridgehead atoms. The van der Waals surface area contributed by atoms with E-state index in [0.29, 0.717) is 42.4 Å². The highest BCUT2D eigenvalue weighted by Gasteiger charge is 2.24. The summed E-state index contributed by atoms with van der Waals surface area (Å²) in [5.74, 6) is -0.339. The van der Waals surface area contributed by atoms with E-state index in [1.807, 2.05) is 67.6 Å². The minimum Gasteiger partial charge on any atom is -0.390 e. The normalized spacial score (nSPS) is 13.4. The van der Waals surface area contributed by atoms with E-state index in [1.54, 1.807) is 24.3 Å². The summed E-state index contributed by atoms with van der Waals surface area (Å²) in [7, 11) is -3.51. The molecular formula is C29H33N3O4S. The van der Waals surface area contributed by atoms with Gasteiger partial charge in [-0.2, -0.15) is 0 Å². The summed E-state index contributed by atoms with van der Waals surface area (Å²) in [4.78, 5) is 13.4. The molecule has 8 heteroatoms. The van der Waals surface area contributed by atoms with Crippen LogP contribution in [0.4, 0.5) is 0 Å². The number of benzene rings is 3. The van der Waals surface area contributed by atoms with Crippen LogP contribution in [0.3, 0.4) is 0 Å². The fourth-order valence-corrected chi connectivity index (χ4v) is 5.86. The third kappa shape index (κ3) is 6.65. The molecule has 4 aromatic rings. The van der Waals surface area contributed by atoms with Crippen molar-refractivity contribution in [2.45, 2.75) is 38.5 Å². The summed E-state index contributed by atoms with van der Waals surface area (Å²) >= 11 is 0. The number of carbonyl (C=O) groups excluding carboxylic acids is 1. The zero-order valence-corrected chi connectivity index (χ0v) is 21.7. The number of fused-ring (bicyclic) bond motifs is 1. The fraction of sp³-hybridized carbons (Fsp3) is 0.276. The Morgan fingerprint density at radius 2 is 1.59 bits per heavy atom. The molecule has 0 saturated heterocycles. The third-order valence-electron chi connectivity index (χ3n) is 6.31. The van der Waals surface area contributed by atoms with Crippen LogP contribution in [-0.4, -0.2) is 47.8 Å².